The van der Waals surface area contributed by atoms with E-state index in [1.165, 1.54) is 0 Å². The summed E-state index contributed by atoms with van der Waals surface area (Å²) in [4.78, 5) is 10.8. The van der Waals surface area contributed by atoms with Crippen LogP contribution in [0.25, 0.3) is 0 Å². The maximum Gasteiger partial charge on any atom is 0.324 e. The Morgan fingerprint density at radius 3 is 2.40 bits per heavy atom. The van der Waals surface area contributed by atoms with Gasteiger partial charge >= 0.3 is 5.97 Å². The third-order valence-electron chi connectivity index (χ3n) is 1.22. The Bertz CT molecular complexity index is 114. The Labute approximate surface area is 60.5 Å². The lowest BCUT2D eigenvalue weighted by molar-refractivity contribution is -0.146. The molecule has 4 heteroatoms. The van der Waals surface area contributed by atoms with Crippen LogP contribution in [0.15, 0.2) is 0 Å². The first-order chi connectivity index (χ1) is 4.59. The summed E-state index contributed by atoms with van der Waals surface area (Å²) in [6, 6.07) is -0.552. The highest BCUT2D eigenvalue weighted by molar-refractivity contribution is 5.75. The van der Waals surface area contributed by atoms with Crippen molar-refractivity contribution in [1.82, 2.24) is 0 Å². The molecular weight excluding hydrogens is 132 g/mol. The molecule has 0 aliphatic carbocycles. The van der Waals surface area contributed by atoms with Crippen LogP contribution in [-0.2, 0) is 9.53 Å². The second-order valence-corrected chi connectivity index (χ2v) is 2.40. The number of hydrogen-bond donors (Lipinski definition) is 2. The Morgan fingerprint density at radius 2 is 2.10 bits per heavy atom. The van der Waals surface area contributed by atoms with Gasteiger partial charge in [-0.2, -0.15) is 0 Å². The SMILES string of the molecule is CC(C)[C@H](N)C(=O)OCN. The monoisotopic (exact) mass is 146 g/mol. The average molecular weight is 146 g/mol. The topological polar surface area (TPSA) is 78.3 Å². The van der Waals surface area contributed by atoms with E-state index in [0.717, 1.165) is 0 Å². The third kappa shape index (κ3) is 2.80. The van der Waals surface area contributed by atoms with E-state index in [4.69, 9.17) is 11.5 Å². The summed E-state index contributed by atoms with van der Waals surface area (Å²) in [6.45, 7) is 3.60. The zero-order valence-corrected chi connectivity index (χ0v) is 6.33. The summed E-state index contributed by atoms with van der Waals surface area (Å²) in [6.07, 6.45) is 0. The molecule has 0 aliphatic heterocycles. The van der Waals surface area contributed by atoms with Crippen molar-refractivity contribution in [2.45, 2.75) is 19.9 Å². The first-order valence-corrected chi connectivity index (χ1v) is 3.22. The first-order valence-electron chi connectivity index (χ1n) is 3.22. The molecule has 1 atom stereocenters. The lowest BCUT2D eigenvalue weighted by Crippen LogP contribution is -2.37. The largest absolute Gasteiger partial charge is 0.449 e. The van der Waals surface area contributed by atoms with E-state index >= 15 is 0 Å². The highest BCUT2D eigenvalue weighted by atomic mass is 16.5. The van der Waals surface area contributed by atoms with Crippen LogP contribution in [0.3, 0.4) is 0 Å². The molecule has 0 heterocycles. The van der Waals surface area contributed by atoms with Gasteiger partial charge in [0.15, 0.2) is 0 Å². The predicted octanol–water partition coefficient (Wildman–Crippen LogP) is -0.571. The van der Waals surface area contributed by atoms with E-state index in [1.807, 2.05) is 13.8 Å². The number of hydrogen-bond acceptors (Lipinski definition) is 4. The fraction of sp³-hybridized carbons (Fsp3) is 0.833. The summed E-state index contributed by atoms with van der Waals surface area (Å²) < 4.78 is 4.48. The van der Waals surface area contributed by atoms with Gasteiger partial charge in [-0.05, 0) is 5.92 Å². The van der Waals surface area contributed by atoms with Gasteiger partial charge in [-0.25, -0.2) is 0 Å². The molecule has 0 unspecified atom stereocenters. The first kappa shape index (κ1) is 9.39. The van der Waals surface area contributed by atoms with Crippen molar-refractivity contribution in [2.75, 3.05) is 6.73 Å². The number of ether oxygens (including phenoxy) is 1. The van der Waals surface area contributed by atoms with Gasteiger partial charge in [-0.3, -0.25) is 10.5 Å². The minimum absolute atomic E-state index is 0.0963. The van der Waals surface area contributed by atoms with Crippen LogP contribution in [0.2, 0.25) is 0 Å². The molecule has 60 valence electrons. The molecule has 0 bridgehead atoms. The minimum Gasteiger partial charge on any atom is -0.449 e. The van der Waals surface area contributed by atoms with Crippen LogP contribution < -0.4 is 11.5 Å². The molecular formula is C6H14N2O2. The van der Waals surface area contributed by atoms with Gasteiger partial charge in [0.1, 0.15) is 12.8 Å². The molecule has 10 heavy (non-hydrogen) atoms. The fourth-order valence-corrected chi connectivity index (χ4v) is 0.451. The maximum absolute atomic E-state index is 10.8. The van der Waals surface area contributed by atoms with Crippen molar-refractivity contribution in [3.8, 4) is 0 Å². The standard InChI is InChI=1S/C6H14N2O2/c1-4(2)5(8)6(9)10-3-7/h4-5H,3,7-8H2,1-2H3/t5-/m0/s1. The van der Waals surface area contributed by atoms with Gasteiger partial charge in [-0.15, -0.1) is 0 Å². The second-order valence-electron chi connectivity index (χ2n) is 2.40. The zero-order valence-electron chi connectivity index (χ0n) is 6.33. The van der Waals surface area contributed by atoms with E-state index in [0.29, 0.717) is 0 Å². The Kier molecular flexibility index (Phi) is 3.99. The lowest BCUT2D eigenvalue weighted by atomic mass is 10.1. The molecule has 0 aromatic rings. The van der Waals surface area contributed by atoms with E-state index in [1.54, 1.807) is 0 Å². The summed E-state index contributed by atoms with van der Waals surface area (Å²) in [5.74, 6) is -0.337. The van der Waals surface area contributed by atoms with Gasteiger partial charge in [0.2, 0.25) is 0 Å². The Balaban J connectivity index is 3.71. The summed E-state index contributed by atoms with van der Waals surface area (Å²) >= 11 is 0. The molecule has 0 spiro atoms. The Hall–Kier alpha value is -0.610. The van der Waals surface area contributed by atoms with Crippen LogP contribution >= 0.6 is 0 Å². The van der Waals surface area contributed by atoms with Crippen molar-refractivity contribution in [1.29, 1.82) is 0 Å². The summed E-state index contributed by atoms with van der Waals surface area (Å²) in [7, 11) is 0. The lowest BCUT2D eigenvalue weighted by Gasteiger charge is -2.12. The number of carbonyl (C=O) groups is 1. The number of nitrogens with two attached hydrogens (primary N) is 2. The predicted molar refractivity (Wildman–Crippen MR) is 38.0 cm³/mol. The quantitative estimate of drug-likeness (QED) is 0.413. The highest BCUT2D eigenvalue weighted by Gasteiger charge is 2.17. The smallest absolute Gasteiger partial charge is 0.324 e. The van der Waals surface area contributed by atoms with E-state index in [9.17, 15) is 4.79 Å². The van der Waals surface area contributed by atoms with Crippen LogP contribution in [0.4, 0.5) is 0 Å². The van der Waals surface area contributed by atoms with Crippen LogP contribution in [-0.4, -0.2) is 18.7 Å². The normalized spacial score (nSPS) is 13.3. The number of carbonyl (C=O) groups excluding carboxylic acids is 1. The maximum atomic E-state index is 10.8. The van der Waals surface area contributed by atoms with E-state index < -0.39 is 12.0 Å². The molecule has 0 aromatic carbocycles. The van der Waals surface area contributed by atoms with Gasteiger partial charge in [0.05, 0.1) is 0 Å². The molecule has 0 aromatic heterocycles. The molecule has 0 saturated heterocycles. The molecule has 0 fully saturated rings. The highest BCUT2D eigenvalue weighted by Crippen LogP contribution is 1.99. The third-order valence-corrected chi connectivity index (χ3v) is 1.22. The minimum atomic E-state index is -0.552. The van der Waals surface area contributed by atoms with Gasteiger partial charge in [-0.1, -0.05) is 13.8 Å². The van der Waals surface area contributed by atoms with Gasteiger partial charge < -0.3 is 10.5 Å². The van der Waals surface area contributed by atoms with Crippen molar-refractivity contribution >= 4 is 5.97 Å². The van der Waals surface area contributed by atoms with E-state index in [-0.39, 0.29) is 12.6 Å². The van der Waals surface area contributed by atoms with Crippen molar-refractivity contribution in [3.05, 3.63) is 0 Å². The van der Waals surface area contributed by atoms with E-state index in [2.05, 4.69) is 4.74 Å². The van der Waals surface area contributed by atoms with Crippen molar-refractivity contribution in [3.63, 3.8) is 0 Å². The molecule has 4 nitrogen and oxygen atoms in total. The summed E-state index contributed by atoms with van der Waals surface area (Å²) in [5, 5.41) is 0. The number of rotatable bonds is 3. The van der Waals surface area contributed by atoms with Crippen LogP contribution in [0.5, 0.6) is 0 Å². The molecule has 4 N–H and O–H groups in total. The van der Waals surface area contributed by atoms with Crippen molar-refractivity contribution < 1.29 is 9.53 Å². The summed E-state index contributed by atoms with van der Waals surface area (Å²) in [5.41, 5.74) is 10.4. The zero-order chi connectivity index (χ0) is 8.15. The second kappa shape index (κ2) is 4.24. The van der Waals surface area contributed by atoms with Gasteiger partial charge in [0, 0.05) is 0 Å². The van der Waals surface area contributed by atoms with Crippen LogP contribution in [0.1, 0.15) is 13.8 Å². The Morgan fingerprint density at radius 1 is 1.60 bits per heavy atom. The molecule has 0 saturated carbocycles. The van der Waals surface area contributed by atoms with Crippen molar-refractivity contribution in [2.24, 2.45) is 17.4 Å². The molecule has 0 rings (SSSR count). The fourth-order valence-electron chi connectivity index (χ4n) is 0.451. The average Bonchev–Trinajstić information content (AvgIpc) is 1.87. The molecule has 0 radical (unpaired) electrons. The molecule has 0 amide bonds. The van der Waals surface area contributed by atoms with Gasteiger partial charge in [0.25, 0.3) is 0 Å². The van der Waals surface area contributed by atoms with Crippen LogP contribution in [0, 0.1) is 5.92 Å². The molecule has 0 aliphatic rings. The number of esters is 1.